The molecule has 0 bridgehead atoms. The van der Waals surface area contributed by atoms with Crippen LogP contribution in [0, 0.1) is 5.41 Å². The number of carbonyl (C=O) groups excluding carboxylic acids is 1. The molecule has 7 heteroatoms. The molecule has 150 valence electrons. The zero-order valence-electron chi connectivity index (χ0n) is 17.0. The first-order valence-electron chi connectivity index (χ1n) is 9.83. The first kappa shape index (κ1) is 18.9. The minimum Gasteiger partial charge on any atom is -0.497 e. The maximum atomic E-state index is 12.7. The maximum Gasteiger partial charge on any atom is 0.233 e. The van der Waals surface area contributed by atoms with Crippen LogP contribution in [0.2, 0.25) is 0 Å². The van der Waals surface area contributed by atoms with Crippen molar-refractivity contribution in [1.82, 2.24) is 20.0 Å². The van der Waals surface area contributed by atoms with Gasteiger partial charge in [0.1, 0.15) is 5.75 Å². The van der Waals surface area contributed by atoms with Crippen molar-refractivity contribution < 1.29 is 13.9 Å². The molecule has 2 saturated heterocycles. The molecule has 1 spiro atoms. The number of amides is 1. The average Bonchev–Trinajstić information content (AvgIpc) is 3.25. The van der Waals surface area contributed by atoms with E-state index in [-0.39, 0.29) is 23.3 Å². The number of carbonyl (C=O) groups is 1. The summed E-state index contributed by atoms with van der Waals surface area (Å²) in [5, 5.41) is 8.44. The average molecular weight is 384 g/mol. The van der Waals surface area contributed by atoms with Gasteiger partial charge >= 0.3 is 0 Å². The molecule has 2 fully saturated rings. The number of benzene rings is 1. The van der Waals surface area contributed by atoms with Crippen LogP contribution in [-0.4, -0.2) is 59.7 Å². The largest absolute Gasteiger partial charge is 0.497 e. The summed E-state index contributed by atoms with van der Waals surface area (Å²) in [6.07, 6.45) is 1.36. The van der Waals surface area contributed by atoms with E-state index in [1.54, 1.807) is 7.11 Å². The van der Waals surface area contributed by atoms with Gasteiger partial charge in [0.15, 0.2) is 0 Å². The summed E-state index contributed by atoms with van der Waals surface area (Å²) in [5.41, 5.74) is 1.12. The van der Waals surface area contributed by atoms with Crippen LogP contribution in [0.3, 0.4) is 0 Å². The summed E-state index contributed by atoms with van der Waals surface area (Å²) >= 11 is 0. The van der Waals surface area contributed by atoms with Crippen LogP contribution in [0.25, 0.3) is 0 Å². The van der Waals surface area contributed by atoms with Crippen molar-refractivity contribution in [3.63, 3.8) is 0 Å². The van der Waals surface area contributed by atoms with Crippen LogP contribution in [0.1, 0.15) is 49.6 Å². The highest BCUT2D eigenvalue weighted by molar-refractivity contribution is 5.80. The van der Waals surface area contributed by atoms with Gasteiger partial charge < -0.3 is 14.1 Å². The fourth-order valence-electron chi connectivity index (χ4n) is 4.40. The van der Waals surface area contributed by atoms with Gasteiger partial charge in [0.25, 0.3) is 0 Å². The Hall–Kier alpha value is -2.41. The van der Waals surface area contributed by atoms with E-state index in [1.807, 2.05) is 29.2 Å². The molecule has 1 aromatic carbocycles. The fraction of sp³-hybridized carbons (Fsp3) is 0.571. The molecule has 7 nitrogen and oxygen atoms in total. The van der Waals surface area contributed by atoms with Crippen molar-refractivity contribution in [1.29, 1.82) is 0 Å². The first-order chi connectivity index (χ1) is 13.4. The van der Waals surface area contributed by atoms with Crippen molar-refractivity contribution in [2.24, 2.45) is 5.41 Å². The number of rotatable bonds is 5. The zero-order chi connectivity index (χ0) is 19.9. The van der Waals surface area contributed by atoms with Gasteiger partial charge in [-0.05, 0) is 31.2 Å². The van der Waals surface area contributed by atoms with Crippen molar-refractivity contribution in [3.8, 4) is 5.75 Å². The van der Waals surface area contributed by atoms with Crippen LogP contribution in [0.15, 0.2) is 28.7 Å². The number of ether oxygens (including phenoxy) is 1. The second kappa shape index (κ2) is 7.20. The van der Waals surface area contributed by atoms with Gasteiger partial charge in [-0.2, -0.15) is 0 Å². The maximum absolute atomic E-state index is 12.7. The lowest BCUT2D eigenvalue weighted by atomic mass is 9.77. The topological polar surface area (TPSA) is 71.7 Å². The molecule has 1 unspecified atom stereocenters. The summed E-state index contributed by atoms with van der Waals surface area (Å²) in [6.45, 7) is 6.63. The molecule has 1 amide bonds. The number of likely N-dealkylation sites (tertiary alicyclic amines) is 2. The second-order valence-corrected chi connectivity index (χ2v) is 8.55. The molecular formula is C21H28N4O3. The van der Waals surface area contributed by atoms with E-state index in [2.05, 4.69) is 36.0 Å². The van der Waals surface area contributed by atoms with E-state index in [1.165, 1.54) is 0 Å². The number of hydrogen-bond donors (Lipinski definition) is 0. The molecule has 2 aliphatic rings. The Bertz CT molecular complexity index is 857. The van der Waals surface area contributed by atoms with Crippen LogP contribution in [-0.2, 0) is 11.2 Å². The molecular weight excluding hydrogens is 356 g/mol. The summed E-state index contributed by atoms with van der Waals surface area (Å²) in [4.78, 5) is 16.9. The number of methoxy groups -OCH3 is 1. The number of aromatic nitrogens is 2. The van der Waals surface area contributed by atoms with Gasteiger partial charge in [-0.25, -0.2) is 0 Å². The minimum absolute atomic E-state index is 0.135. The molecule has 0 aliphatic carbocycles. The summed E-state index contributed by atoms with van der Waals surface area (Å²) in [7, 11) is 3.74. The lowest BCUT2D eigenvalue weighted by Gasteiger charge is -2.48. The normalized spacial score (nSPS) is 21.3. The standard InChI is InChI=1S/C21H28N4O3/c1-14(2)19-22-23-20(28-19)17-10-21(11-24(17)3)12-25(13-21)18(26)9-15-6-5-7-16(8-15)27-4/h5-8,14,17H,9-13H2,1-4H3. The van der Waals surface area contributed by atoms with Gasteiger partial charge in [0.2, 0.25) is 17.7 Å². The second-order valence-electron chi connectivity index (χ2n) is 8.55. The SMILES string of the molecule is COc1cccc(CC(=O)N2CC3(CC(c4nnc(C(C)C)o4)N(C)C3)C2)c1. The zero-order valence-corrected chi connectivity index (χ0v) is 17.0. The van der Waals surface area contributed by atoms with E-state index < -0.39 is 0 Å². The predicted octanol–water partition coefficient (Wildman–Crippen LogP) is 2.65. The predicted molar refractivity (Wildman–Crippen MR) is 104 cm³/mol. The summed E-state index contributed by atoms with van der Waals surface area (Å²) in [5.74, 6) is 2.57. The third-order valence-corrected chi connectivity index (χ3v) is 5.87. The Morgan fingerprint density at radius 2 is 2.11 bits per heavy atom. The van der Waals surface area contributed by atoms with E-state index in [4.69, 9.17) is 9.15 Å². The monoisotopic (exact) mass is 384 g/mol. The quantitative estimate of drug-likeness (QED) is 0.789. The molecule has 3 heterocycles. The van der Waals surface area contributed by atoms with E-state index >= 15 is 0 Å². The number of hydrogen-bond acceptors (Lipinski definition) is 6. The van der Waals surface area contributed by atoms with Gasteiger partial charge in [-0.3, -0.25) is 9.69 Å². The Kier molecular flexibility index (Phi) is 4.87. The van der Waals surface area contributed by atoms with E-state index in [0.29, 0.717) is 18.2 Å². The van der Waals surface area contributed by atoms with Crippen LogP contribution in [0.4, 0.5) is 0 Å². The highest BCUT2D eigenvalue weighted by Crippen LogP contribution is 2.47. The highest BCUT2D eigenvalue weighted by atomic mass is 16.5. The smallest absolute Gasteiger partial charge is 0.233 e. The molecule has 0 saturated carbocycles. The molecule has 2 aromatic rings. The highest BCUT2D eigenvalue weighted by Gasteiger charge is 2.53. The Morgan fingerprint density at radius 3 is 2.79 bits per heavy atom. The molecule has 0 radical (unpaired) electrons. The molecule has 2 aliphatic heterocycles. The van der Waals surface area contributed by atoms with Crippen molar-refractivity contribution >= 4 is 5.91 Å². The lowest BCUT2D eigenvalue weighted by molar-refractivity contribution is -0.141. The van der Waals surface area contributed by atoms with Crippen LogP contribution >= 0.6 is 0 Å². The fourth-order valence-corrected chi connectivity index (χ4v) is 4.40. The van der Waals surface area contributed by atoms with Crippen molar-refractivity contribution in [2.45, 2.75) is 38.6 Å². The van der Waals surface area contributed by atoms with Gasteiger partial charge in [-0.1, -0.05) is 26.0 Å². The molecule has 4 rings (SSSR count). The van der Waals surface area contributed by atoms with Crippen molar-refractivity contribution in [3.05, 3.63) is 41.6 Å². The van der Waals surface area contributed by atoms with Crippen LogP contribution in [0.5, 0.6) is 5.75 Å². The Balaban J connectivity index is 1.36. The van der Waals surface area contributed by atoms with Gasteiger partial charge in [0.05, 0.1) is 19.6 Å². The van der Waals surface area contributed by atoms with Gasteiger partial charge in [-0.15, -0.1) is 10.2 Å². The number of nitrogens with zero attached hydrogens (tertiary/aromatic N) is 4. The lowest BCUT2D eigenvalue weighted by Crippen LogP contribution is -2.59. The van der Waals surface area contributed by atoms with E-state index in [0.717, 1.165) is 37.4 Å². The minimum atomic E-state index is 0.135. The van der Waals surface area contributed by atoms with Crippen molar-refractivity contribution in [2.75, 3.05) is 33.8 Å². The molecule has 1 atom stereocenters. The Morgan fingerprint density at radius 1 is 1.32 bits per heavy atom. The van der Waals surface area contributed by atoms with E-state index in [9.17, 15) is 4.79 Å². The molecule has 1 aromatic heterocycles. The summed E-state index contributed by atoms with van der Waals surface area (Å²) < 4.78 is 11.1. The van der Waals surface area contributed by atoms with Crippen LogP contribution < -0.4 is 4.74 Å². The third-order valence-electron chi connectivity index (χ3n) is 5.87. The first-order valence-corrected chi connectivity index (χ1v) is 9.83. The third kappa shape index (κ3) is 3.51. The summed E-state index contributed by atoms with van der Waals surface area (Å²) in [6, 6.07) is 7.84. The molecule has 0 N–H and O–H groups in total. The molecule has 28 heavy (non-hydrogen) atoms. The Labute approximate surface area is 165 Å². The van der Waals surface area contributed by atoms with Gasteiger partial charge in [0, 0.05) is 31.0 Å².